The summed E-state index contributed by atoms with van der Waals surface area (Å²) in [4.78, 5) is 28.1. The summed E-state index contributed by atoms with van der Waals surface area (Å²) in [7, 11) is 4.95. The molecule has 1 aliphatic rings. The summed E-state index contributed by atoms with van der Waals surface area (Å²) in [5.74, 6) is 0.578. The van der Waals surface area contributed by atoms with Gasteiger partial charge < -0.3 is 19.7 Å². The van der Waals surface area contributed by atoms with Gasteiger partial charge >= 0.3 is 0 Å². The molecule has 1 saturated heterocycles. The van der Waals surface area contributed by atoms with Gasteiger partial charge in [-0.1, -0.05) is 23.7 Å². The number of aryl methyl sites for hydroxylation is 1. The first-order valence-corrected chi connectivity index (χ1v) is 11.3. The summed E-state index contributed by atoms with van der Waals surface area (Å²) >= 11 is 6.23. The molecule has 0 radical (unpaired) electrons. The molecule has 8 nitrogen and oxygen atoms in total. The van der Waals surface area contributed by atoms with Crippen molar-refractivity contribution in [3.8, 4) is 11.5 Å². The van der Waals surface area contributed by atoms with Crippen LogP contribution in [0, 0.1) is 0 Å². The predicted molar refractivity (Wildman–Crippen MR) is 129 cm³/mol. The number of rotatable bonds is 6. The SMILES string of the molecule is COc1ccc(C(=O)N2CCC(NC(=O)c3ccccc3Cl)C(c3ccnn3C)C2)cc1OC. The fourth-order valence-corrected chi connectivity index (χ4v) is 4.62. The van der Waals surface area contributed by atoms with Crippen LogP contribution in [0.15, 0.2) is 54.7 Å². The lowest BCUT2D eigenvalue weighted by molar-refractivity contribution is 0.0667. The van der Waals surface area contributed by atoms with Gasteiger partial charge in [0.25, 0.3) is 11.8 Å². The van der Waals surface area contributed by atoms with Crippen LogP contribution in [0.2, 0.25) is 5.02 Å². The van der Waals surface area contributed by atoms with Crippen LogP contribution in [-0.4, -0.2) is 59.8 Å². The summed E-state index contributed by atoms with van der Waals surface area (Å²) in [5.41, 5.74) is 1.88. The Hall–Kier alpha value is -3.52. The molecule has 0 saturated carbocycles. The molecule has 4 rings (SSSR count). The van der Waals surface area contributed by atoms with E-state index in [0.29, 0.717) is 47.2 Å². The predicted octanol–water partition coefficient (Wildman–Crippen LogP) is 3.52. The van der Waals surface area contributed by atoms with E-state index in [9.17, 15) is 9.59 Å². The minimum Gasteiger partial charge on any atom is -0.493 e. The Morgan fingerprint density at radius 3 is 2.53 bits per heavy atom. The van der Waals surface area contributed by atoms with Gasteiger partial charge in [-0.2, -0.15) is 5.10 Å². The Labute approximate surface area is 203 Å². The van der Waals surface area contributed by atoms with E-state index in [2.05, 4.69) is 10.4 Å². The van der Waals surface area contributed by atoms with Gasteiger partial charge in [0.05, 0.1) is 24.8 Å². The molecule has 0 aliphatic carbocycles. The van der Waals surface area contributed by atoms with Crippen LogP contribution < -0.4 is 14.8 Å². The normalized spacial score (nSPS) is 17.8. The smallest absolute Gasteiger partial charge is 0.254 e. The van der Waals surface area contributed by atoms with E-state index in [-0.39, 0.29) is 23.8 Å². The second kappa shape index (κ2) is 10.2. The highest BCUT2D eigenvalue weighted by Crippen LogP contribution is 2.31. The second-order valence-electron chi connectivity index (χ2n) is 8.16. The van der Waals surface area contributed by atoms with Crippen LogP contribution in [0.1, 0.15) is 38.7 Å². The molecule has 0 bridgehead atoms. The highest BCUT2D eigenvalue weighted by atomic mass is 35.5. The van der Waals surface area contributed by atoms with Crippen molar-refractivity contribution in [3.63, 3.8) is 0 Å². The van der Waals surface area contributed by atoms with Crippen LogP contribution in [0.4, 0.5) is 0 Å². The molecule has 2 amide bonds. The monoisotopic (exact) mass is 482 g/mol. The van der Waals surface area contributed by atoms with Crippen LogP contribution in [-0.2, 0) is 7.05 Å². The quantitative estimate of drug-likeness (QED) is 0.581. The van der Waals surface area contributed by atoms with E-state index in [0.717, 1.165) is 5.69 Å². The van der Waals surface area contributed by atoms with Gasteiger partial charge in [-0.25, -0.2) is 0 Å². The third kappa shape index (κ3) is 4.72. The summed E-state index contributed by atoms with van der Waals surface area (Å²) in [6, 6.07) is 13.8. The van der Waals surface area contributed by atoms with E-state index in [1.165, 1.54) is 7.11 Å². The maximum atomic E-state index is 13.4. The molecule has 2 atom stereocenters. The number of halogens is 1. The fraction of sp³-hybridized carbons (Fsp3) is 0.320. The summed E-state index contributed by atoms with van der Waals surface area (Å²) < 4.78 is 12.4. The zero-order chi connectivity index (χ0) is 24.2. The average Bonchev–Trinajstić information content (AvgIpc) is 3.29. The first-order chi connectivity index (χ1) is 16.4. The Bertz CT molecular complexity index is 1200. The van der Waals surface area contributed by atoms with Gasteiger partial charge in [0.1, 0.15) is 0 Å². The van der Waals surface area contributed by atoms with Crippen molar-refractivity contribution in [2.75, 3.05) is 27.3 Å². The van der Waals surface area contributed by atoms with Crippen molar-refractivity contribution in [1.82, 2.24) is 20.0 Å². The van der Waals surface area contributed by atoms with E-state index in [1.54, 1.807) is 65.4 Å². The maximum Gasteiger partial charge on any atom is 0.254 e. The fourth-order valence-electron chi connectivity index (χ4n) is 4.40. The van der Waals surface area contributed by atoms with Crippen molar-refractivity contribution < 1.29 is 19.1 Å². The number of likely N-dealkylation sites (tertiary alicyclic amines) is 1. The minimum absolute atomic E-state index is 0.107. The Morgan fingerprint density at radius 1 is 1.09 bits per heavy atom. The largest absolute Gasteiger partial charge is 0.493 e. The standard InChI is InChI=1S/C25H27ClN4O4/c1-29-21(10-12-27-29)18-15-30(25(32)16-8-9-22(33-2)23(14-16)34-3)13-11-20(18)28-24(31)17-6-4-5-7-19(17)26/h4-10,12,14,18,20H,11,13,15H2,1-3H3,(H,28,31). The maximum absolute atomic E-state index is 13.4. The molecule has 34 heavy (non-hydrogen) atoms. The van der Waals surface area contributed by atoms with E-state index < -0.39 is 0 Å². The van der Waals surface area contributed by atoms with E-state index in [4.69, 9.17) is 21.1 Å². The summed E-state index contributed by atoms with van der Waals surface area (Å²) in [5, 5.41) is 7.83. The van der Waals surface area contributed by atoms with Gasteiger partial charge in [-0.05, 0) is 42.8 Å². The lowest BCUT2D eigenvalue weighted by atomic mass is 9.88. The molecule has 1 fully saturated rings. The van der Waals surface area contributed by atoms with Crippen molar-refractivity contribution in [3.05, 3.63) is 76.6 Å². The van der Waals surface area contributed by atoms with Gasteiger partial charge in [0.2, 0.25) is 0 Å². The van der Waals surface area contributed by atoms with Gasteiger partial charge in [0, 0.05) is 49.6 Å². The minimum atomic E-state index is -0.234. The summed E-state index contributed by atoms with van der Waals surface area (Å²) in [6.45, 7) is 0.926. The Kier molecular flexibility index (Phi) is 7.07. The van der Waals surface area contributed by atoms with E-state index in [1.807, 2.05) is 13.1 Å². The topological polar surface area (TPSA) is 85.7 Å². The van der Waals surface area contributed by atoms with Crippen molar-refractivity contribution >= 4 is 23.4 Å². The molecule has 1 aromatic heterocycles. The van der Waals surface area contributed by atoms with Gasteiger partial charge in [0.15, 0.2) is 11.5 Å². The molecule has 1 aliphatic heterocycles. The highest BCUT2D eigenvalue weighted by Gasteiger charge is 2.35. The van der Waals surface area contributed by atoms with Crippen LogP contribution in [0.3, 0.4) is 0 Å². The lowest BCUT2D eigenvalue weighted by Gasteiger charge is -2.39. The number of methoxy groups -OCH3 is 2. The zero-order valence-corrected chi connectivity index (χ0v) is 20.1. The average molecular weight is 483 g/mol. The van der Waals surface area contributed by atoms with E-state index >= 15 is 0 Å². The molecule has 1 N–H and O–H groups in total. The first kappa shape index (κ1) is 23.6. The molecule has 9 heteroatoms. The third-order valence-electron chi connectivity index (χ3n) is 6.20. The molecular weight excluding hydrogens is 456 g/mol. The number of nitrogens with zero attached hydrogens (tertiary/aromatic N) is 3. The van der Waals surface area contributed by atoms with Crippen LogP contribution in [0.25, 0.3) is 0 Å². The first-order valence-electron chi connectivity index (χ1n) is 11.0. The number of aromatic nitrogens is 2. The number of hydrogen-bond donors (Lipinski definition) is 1. The molecule has 2 heterocycles. The number of hydrogen-bond acceptors (Lipinski definition) is 5. The molecule has 2 aromatic carbocycles. The van der Waals surface area contributed by atoms with Crippen LogP contribution in [0.5, 0.6) is 11.5 Å². The molecule has 2 unspecified atom stereocenters. The number of carbonyl (C=O) groups is 2. The highest BCUT2D eigenvalue weighted by molar-refractivity contribution is 6.33. The zero-order valence-electron chi connectivity index (χ0n) is 19.3. The van der Waals surface area contributed by atoms with Crippen LogP contribution >= 0.6 is 11.6 Å². The third-order valence-corrected chi connectivity index (χ3v) is 6.53. The lowest BCUT2D eigenvalue weighted by Crippen LogP contribution is -2.51. The number of ether oxygens (including phenoxy) is 2. The van der Waals surface area contributed by atoms with Crippen molar-refractivity contribution in [2.45, 2.75) is 18.4 Å². The number of nitrogens with one attached hydrogen (secondary N) is 1. The van der Waals surface area contributed by atoms with Crippen molar-refractivity contribution in [1.29, 1.82) is 0 Å². The Balaban J connectivity index is 1.57. The number of benzene rings is 2. The Morgan fingerprint density at radius 2 is 1.85 bits per heavy atom. The molecule has 0 spiro atoms. The number of amides is 2. The molecule has 3 aromatic rings. The summed E-state index contributed by atoms with van der Waals surface area (Å²) in [6.07, 6.45) is 2.31. The van der Waals surface area contributed by atoms with Crippen molar-refractivity contribution in [2.24, 2.45) is 7.05 Å². The second-order valence-corrected chi connectivity index (χ2v) is 8.56. The number of piperidine rings is 1. The molecular formula is C25H27ClN4O4. The van der Waals surface area contributed by atoms with Gasteiger partial charge in [-0.3, -0.25) is 14.3 Å². The number of carbonyl (C=O) groups excluding carboxylic acids is 2. The molecule has 178 valence electrons. The van der Waals surface area contributed by atoms with Gasteiger partial charge in [-0.15, -0.1) is 0 Å².